The van der Waals surface area contributed by atoms with Crippen molar-refractivity contribution in [1.82, 2.24) is 25.1 Å². The van der Waals surface area contributed by atoms with Crippen molar-refractivity contribution in [1.29, 1.82) is 0 Å². The number of hydrogen-bond donors (Lipinski definition) is 0. The lowest BCUT2D eigenvalue weighted by atomic mass is 9.77. The normalized spacial score (nSPS) is 29.5. The van der Waals surface area contributed by atoms with E-state index in [0.29, 0.717) is 23.3 Å². The van der Waals surface area contributed by atoms with Crippen molar-refractivity contribution in [2.45, 2.75) is 64.0 Å². The number of rotatable bonds is 5. The molecule has 162 valence electrons. The van der Waals surface area contributed by atoms with Gasteiger partial charge in [-0.15, -0.1) is 5.10 Å². The summed E-state index contributed by atoms with van der Waals surface area (Å²) in [5.74, 6) is 2.28. The molecule has 0 bridgehead atoms. The maximum absolute atomic E-state index is 12.8. The molecule has 0 N–H and O–H groups in total. The average Bonchev–Trinajstić information content (AvgIpc) is 3.53. The average molecular weight is 414 g/mol. The van der Waals surface area contributed by atoms with Gasteiger partial charge in [-0.1, -0.05) is 36.1 Å². The Morgan fingerprint density at radius 2 is 2.00 bits per heavy atom. The van der Waals surface area contributed by atoms with E-state index in [-0.39, 0.29) is 18.1 Å². The Kier molecular flexibility index (Phi) is 5.35. The summed E-state index contributed by atoms with van der Waals surface area (Å²) in [5, 5.41) is 12.9. The molecule has 0 spiro atoms. The van der Waals surface area contributed by atoms with E-state index in [1.165, 1.54) is 25.7 Å². The number of fused-ring (bicyclic) bond motifs is 1. The molecule has 0 radical (unpaired) electrons. The van der Waals surface area contributed by atoms with Gasteiger partial charge in [0.1, 0.15) is 5.76 Å². The molecule has 8 nitrogen and oxygen atoms in total. The van der Waals surface area contributed by atoms with Gasteiger partial charge < -0.3 is 14.2 Å². The number of amides is 1. The first-order chi connectivity index (χ1) is 14.6. The van der Waals surface area contributed by atoms with E-state index in [2.05, 4.69) is 21.7 Å². The smallest absolute Gasteiger partial charge is 0.276 e. The van der Waals surface area contributed by atoms with Gasteiger partial charge in [0, 0.05) is 32.5 Å². The molecule has 3 fully saturated rings. The predicted molar refractivity (Wildman–Crippen MR) is 109 cm³/mol. The molecular formula is C22H31N5O3. The van der Waals surface area contributed by atoms with Crippen LogP contribution in [0.4, 0.5) is 0 Å². The molecular weight excluding hydrogens is 382 g/mol. The molecule has 8 heteroatoms. The van der Waals surface area contributed by atoms with Gasteiger partial charge in [0.25, 0.3) is 5.91 Å². The third-order valence-electron chi connectivity index (χ3n) is 7.39. The van der Waals surface area contributed by atoms with Gasteiger partial charge in [0.15, 0.2) is 5.69 Å². The van der Waals surface area contributed by atoms with Crippen LogP contribution in [0, 0.1) is 24.7 Å². The first-order valence-electron chi connectivity index (χ1n) is 11.3. The second-order valence-electron chi connectivity index (χ2n) is 9.41. The largest absolute Gasteiger partial charge is 0.379 e. The molecule has 30 heavy (non-hydrogen) atoms. The third-order valence-corrected chi connectivity index (χ3v) is 7.39. The molecule has 3 aliphatic rings. The molecule has 0 unspecified atom stereocenters. The maximum Gasteiger partial charge on any atom is 0.276 e. The highest BCUT2D eigenvalue weighted by Gasteiger charge is 2.45. The lowest BCUT2D eigenvalue weighted by Gasteiger charge is -2.36. The van der Waals surface area contributed by atoms with E-state index in [4.69, 9.17) is 9.26 Å². The van der Waals surface area contributed by atoms with Crippen LogP contribution in [-0.4, -0.2) is 57.3 Å². The lowest BCUT2D eigenvalue weighted by Crippen LogP contribution is -2.37. The molecule has 1 amide bonds. The first kappa shape index (κ1) is 19.7. The molecule has 2 aliphatic carbocycles. The monoisotopic (exact) mass is 413 g/mol. The number of aryl methyl sites for hydroxylation is 1. The number of nitrogens with zero attached hydrogens (tertiary/aromatic N) is 5. The number of hydrogen-bond acceptors (Lipinski definition) is 6. The van der Waals surface area contributed by atoms with Crippen LogP contribution in [-0.2, 0) is 11.2 Å². The Hall–Kier alpha value is -2.22. The van der Waals surface area contributed by atoms with Crippen molar-refractivity contribution >= 4 is 5.91 Å². The van der Waals surface area contributed by atoms with Crippen LogP contribution >= 0.6 is 0 Å². The van der Waals surface area contributed by atoms with Gasteiger partial charge in [0.05, 0.1) is 17.8 Å². The van der Waals surface area contributed by atoms with Crippen molar-refractivity contribution in [2.24, 2.45) is 17.8 Å². The standard InChI is InChI=1S/C22H31N5O3/c1-14-7-19(24-30-14)22(28)26-11-16-9-20(21(29-2)10-17(16)12-26)27-13-18(23-25-27)8-15-5-3-4-6-15/h7,13,15-17,20-21H,3-6,8-12H2,1-2H3/t16-,17+,20-,21-/m1/s1. The van der Waals surface area contributed by atoms with Crippen molar-refractivity contribution in [2.75, 3.05) is 20.2 Å². The molecule has 0 aromatic carbocycles. The molecule has 1 saturated heterocycles. The number of likely N-dealkylation sites (tertiary alicyclic amines) is 1. The van der Waals surface area contributed by atoms with E-state index in [1.54, 1.807) is 20.1 Å². The zero-order valence-electron chi connectivity index (χ0n) is 17.9. The number of carbonyl (C=O) groups excluding carboxylic acids is 1. The van der Waals surface area contributed by atoms with Crippen LogP contribution in [0.15, 0.2) is 16.8 Å². The Bertz CT molecular complexity index is 887. The molecule has 1 aliphatic heterocycles. The van der Waals surface area contributed by atoms with Crippen LogP contribution in [0.3, 0.4) is 0 Å². The minimum absolute atomic E-state index is 0.0358. The lowest BCUT2D eigenvalue weighted by molar-refractivity contribution is -0.00546. The van der Waals surface area contributed by atoms with Crippen molar-refractivity contribution in [3.05, 3.63) is 29.4 Å². The van der Waals surface area contributed by atoms with Crippen LogP contribution in [0.1, 0.15) is 66.5 Å². The van der Waals surface area contributed by atoms with Gasteiger partial charge in [-0.05, 0) is 43.9 Å². The summed E-state index contributed by atoms with van der Waals surface area (Å²) in [5.41, 5.74) is 1.50. The highest BCUT2D eigenvalue weighted by atomic mass is 16.5. The van der Waals surface area contributed by atoms with Crippen molar-refractivity contribution in [3.63, 3.8) is 0 Å². The summed E-state index contributed by atoms with van der Waals surface area (Å²) in [4.78, 5) is 14.7. The van der Waals surface area contributed by atoms with E-state index < -0.39 is 0 Å². The number of methoxy groups -OCH3 is 1. The maximum atomic E-state index is 12.8. The summed E-state index contributed by atoms with van der Waals surface area (Å²) in [6.45, 7) is 3.32. The fourth-order valence-electron chi connectivity index (χ4n) is 5.80. The molecule has 2 aromatic heterocycles. The molecule has 2 aromatic rings. The fraction of sp³-hybridized carbons (Fsp3) is 0.727. The Morgan fingerprint density at radius 3 is 2.70 bits per heavy atom. The minimum atomic E-state index is -0.0358. The van der Waals surface area contributed by atoms with E-state index in [1.807, 2.05) is 9.58 Å². The zero-order valence-corrected chi connectivity index (χ0v) is 17.9. The van der Waals surface area contributed by atoms with Gasteiger partial charge in [0.2, 0.25) is 0 Å². The van der Waals surface area contributed by atoms with Crippen LogP contribution < -0.4 is 0 Å². The van der Waals surface area contributed by atoms with Gasteiger partial charge in [-0.3, -0.25) is 4.79 Å². The Labute approximate surface area is 176 Å². The van der Waals surface area contributed by atoms with Gasteiger partial charge in [-0.2, -0.15) is 0 Å². The predicted octanol–water partition coefficient (Wildman–Crippen LogP) is 3.05. The number of carbonyl (C=O) groups is 1. The highest BCUT2D eigenvalue weighted by molar-refractivity contribution is 5.92. The summed E-state index contributed by atoms with van der Waals surface area (Å²) < 4.78 is 13.0. The van der Waals surface area contributed by atoms with E-state index >= 15 is 0 Å². The third kappa shape index (κ3) is 3.77. The Morgan fingerprint density at radius 1 is 1.23 bits per heavy atom. The van der Waals surface area contributed by atoms with Gasteiger partial charge >= 0.3 is 0 Å². The van der Waals surface area contributed by atoms with E-state index in [0.717, 1.165) is 44.0 Å². The molecule has 5 rings (SSSR count). The summed E-state index contributed by atoms with van der Waals surface area (Å²) in [7, 11) is 1.78. The topological polar surface area (TPSA) is 86.3 Å². The Balaban J connectivity index is 1.27. The zero-order chi connectivity index (χ0) is 20.7. The fourth-order valence-corrected chi connectivity index (χ4v) is 5.80. The summed E-state index contributed by atoms with van der Waals surface area (Å²) in [6, 6.07) is 1.89. The second kappa shape index (κ2) is 8.13. The van der Waals surface area contributed by atoms with Crippen LogP contribution in [0.25, 0.3) is 0 Å². The van der Waals surface area contributed by atoms with Crippen LogP contribution in [0.2, 0.25) is 0 Å². The van der Waals surface area contributed by atoms with Crippen LogP contribution in [0.5, 0.6) is 0 Å². The number of ether oxygens (including phenoxy) is 1. The van der Waals surface area contributed by atoms with E-state index in [9.17, 15) is 4.79 Å². The molecule has 4 atom stereocenters. The molecule has 3 heterocycles. The molecule has 2 saturated carbocycles. The van der Waals surface area contributed by atoms with Gasteiger partial charge in [-0.25, -0.2) is 4.68 Å². The SMILES string of the molecule is CO[C@@H]1C[C@H]2CN(C(=O)c3cc(C)on3)C[C@H]2C[C@H]1n1cc(CC2CCCC2)nn1. The first-order valence-corrected chi connectivity index (χ1v) is 11.3. The second-order valence-corrected chi connectivity index (χ2v) is 9.41. The van der Waals surface area contributed by atoms with Crippen molar-refractivity contribution in [3.8, 4) is 0 Å². The minimum Gasteiger partial charge on any atom is -0.379 e. The quantitative estimate of drug-likeness (QED) is 0.749. The summed E-state index contributed by atoms with van der Waals surface area (Å²) >= 11 is 0. The number of aromatic nitrogens is 4. The summed E-state index contributed by atoms with van der Waals surface area (Å²) in [6.07, 6.45) is 10.5. The van der Waals surface area contributed by atoms with Crippen molar-refractivity contribution < 1.29 is 14.1 Å². The highest BCUT2D eigenvalue weighted by Crippen LogP contribution is 2.42.